The zero-order valence-electron chi connectivity index (χ0n) is 17.7. The summed E-state index contributed by atoms with van der Waals surface area (Å²) in [5, 5.41) is 2.95. The van der Waals surface area contributed by atoms with Gasteiger partial charge < -0.3 is 14.8 Å². The van der Waals surface area contributed by atoms with Gasteiger partial charge in [0.05, 0.1) is 12.3 Å². The zero-order valence-corrected chi connectivity index (χ0v) is 17.7. The molecule has 0 aliphatic heterocycles. The molecule has 4 heteroatoms. The molecule has 0 aromatic heterocycles. The monoisotopic (exact) mass is 423 g/mol. The molecular formula is C28H25NO3. The summed E-state index contributed by atoms with van der Waals surface area (Å²) < 4.78 is 11.8. The Balaban J connectivity index is 1.37. The molecule has 4 rings (SSSR count). The molecule has 32 heavy (non-hydrogen) atoms. The third-order valence-electron chi connectivity index (χ3n) is 4.97. The lowest BCUT2D eigenvalue weighted by Crippen LogP contribution is -2.13. The maximum absolute atomic E-state index is 12.9. The summed E-state index contributed by atoms with van der Waals surface area (Å²) in [6.07, 6.45) is 0.809. The zero-order chi connectivity index (χ0) is 22.0. The molecule has 0 radical (unpaired) electrons. The summed E-state index contributed by atoms with van der Waals surface area (Å²) in [5.41, 5.74) is 3.44. The number of rotatable bonds is 9. The molecule has 1 amide bonds. The van der Waals surface area contributed by atoms with Crippen LogP contribution in [0, 0.1) is 0 Å². The van der Waals surface area contributed by atoms with Crippen molar-refractivity contribution < 1.29 is 14.3 Å². The molecule has 1 N–H and O–H groups in total. The highest BCUT2D eigenvalue weighted by Crippen LogP contribution is 2.26. The van der Waals surface area contributed by atoms with Gasteiger partial charge in [-0.1, -0.05) is 78.9 Å². The van der Waals surface area contributed by atoms with Crippen molar-refractivity contribution in [2.75, 3.05) is 11.9 Å². The van der Waals surface area contributed by atoms with E-state index in [0.717, 1.165) is 12.0 Å². The van der Waals surface area contributed by atoms with Crippen LogP contribution in [0.5, 0.6) is 11.5 Å². The molecule has 0 saturated heterocycles. The smallest absolute Gasteiger partial charge is 0.255 e. The van der Waals surface area contributed by atoms with Crippen molar-refractivity contribution in [3.63, 3.8) is 0 Å². The summed E-state index contributed by atoms with van der Waals surface area (Å²) in [6, 6.07) is 34.7. The van der Waals surface area contributed by atoms with Gasteiger partial charge in [-0.3, -0.25) is 4.79 Å². The second-order valence-electron chi connectivity index (χ2n) is 7.34. The summed E-state index contributed by atoms with van der Waals surface area (Å²) in [7, 11) is 0. The summed E-state index contributed by atoms with van der Waals surface area (Å²) >= 11 is 0. The van der Waals surface area contributed by atoms with Crippen LogP contribution in [0.1, 0.15) is 21.5 Å². The Bertz CT molecular complexity index is 1140. The van der Waals surface area contributed by atoms with Gasteiger partial charge in [-0.25, -0.2) is 0 Å². The fourth-order valence-corrected chi connectivity index (χ4v) is 3.28. The van der Waals surface area contributed by atoms with Gasteiger partial charge in [0.15, 0.2) is 0 Å². The Labute approximate surface area is 188 Å². The molecule has 4 aromatic rings. The first-order valence-corrected chi connectivity index (χ1v) is 10.6. The van der Waals surface area contributed by atoms with E-state index >= 15 is 0 Å². The van der Waals surface area contributed by atoms with Crippen LogP contribution in [0.15, 0.2) is 109 Å². The normalized spacial score (nSPS) is 10.4. The molecule has 0 unspecified atom stereocenters. The first-order chi connectivity index (χ1) is 15.8. The van der Waals surface area contributed by atoms with Crippen molar-refractivity contribution in [1.82, 2.24) is 0 Å². The van der Waals surface area contributed by atoms with E-state index in [1.54, 1.807) is 12.1 Å². The Morgan fingerprint density at radius 3 is 2.16 bits per heavy atom. The van der Waals surface area contributed by atoms with Gasteiger partial charge in [0.25, 0.3) is 5.91 Å². The number of ether oxygens (including phenoxy) is 2. The number of hydrogen-bond acceptors (Lipinski definition) is 3. The van der Waals surface area contributed by atoms with Crippen LogP contribution < -0.4 is 14.8 Å². The predicted molar refractivity (Wildman–Crippen MR) is 127 cm³/mol. The number of carbonyl (C=O) groups is 1. The molecule has 0 aliphatic rings. The van der Waals surface area contributed by atoms with Crippen LogP contribution in [-0.2, 0) is 13.0 Å². The molecule has 4 aromatic carbocycles. The third kappa shape index (κ3) is 5.99. The topological polar surface area (TPSA) is 47.6 Å². The van der Waals surface area contributed by atoms with Crippen LogP contribution in [0.3, 0.4) is 0 Å². The van der Waals surface area contributed by atoms with E-state index in [2.05, 4.69) is 17.4 Å². The van der Waals surface area contributed by atoms with E-state index in [1.165, 1.54) is 5.56 Å². The van der Waals surface area contributed by atoms with Gasteiger partial charge in [0.2, 0.25) is 0 Å². The quantitative estimate of drug-likeness (QED) is 0.352. The fourth-order valence-electron chi connectivity index (χ4n) is 3.28. The van der Waals surface area contributed by atoms with Crippen LogP contribution in [0.4, 0.5) is 5.69 Å². The molecule has 0 atom stereocenters. The minimum atomic E-state index is -0.214. The molecule has 0 fully saturated rings. The van der Waals surface area contributed by atoms with E-state index < -0.39 is 0 Å². The molecule has 0 aliphatic carbocycles. The largest absolute Gasteiger partial charge is 0.493 e. The second-order valence-corrected chi connectivity index (χ2v) is 7.34. The number of para-hydroxylation sites is 2. The maximum Gasteiger partial charge on any atom is 0.255 e. The van der Waals surface area contributed by atoms with Gasteiger partial charge in [0.1, 0.15) is 18.1 Å². The van der Waals surface area contributed by atoms with Crippen molar-refractivity contribution in [2.45, 2.75) is 13.0 Å². The van der Waals surface area contributed by atoms with Crippen LogP contribution in [0.25, 0.3) is 0 Å². The fraction of sp³-hybridized carbons (Fsp3) is 0.107. The Morgan fingerprint density at radius 1 is 0.688 bits per heavy atom. The summed E-state index contributed by atoms with van der Waals surface area (Å²) in [4.78, 5) is 12.9. The maximum atomic E-state index is 12.9. The number of nitrogens with one attached hydrogen (secondary N) is 1. The van der Waals surface area contributed by atoms with Crippen molar-refractivity contribution >= 4 is 11.6 Å². The third-order valence-corrected chi connectivity index (χ3v) is 4.97. The highest BCUT2D eigenvalue weighted by molar-refractivity contribution is 6.05. The minimum Gasteiger partial charge on any atom is -0.493 e. The lowest BCUT2D eigenvalue weighted by Gasteiger charge is -2.13. The van der Waals surface area contributed by atoms with Crippen molar-refractivity contribution in [3.8, 4) is 11.5 Å². The number of carbonyl (C=O) groups excluding carboxylic acids is 1. The van der Waals surface area contributed by atoms with E-state index in [4.69, 9.17) is 9.47 Å². The van der Waals surface area contributed by atoms with Crippen molar-refractivity contribution in [2.24, 2.45) is 0 Å². The Kier molecular flexibility index (Phi) is 7.17. The van der Waals surface area contributed by atoms with Gasteiger partial charge in [0, 0.05) is 12.0 Å². The average molecular weight is 424 g/mol. The SMILES string of the molecule is O=C(Nc1ccccc1OCc1ccccc1)c1cccc(OCCc2ccccc2)c1. The molecular weight excluding hydrogens is 398 g/mol. The summed E-state index contributed by atoms with van der Waals surface area (Å²) in [5.74, 6) is 1.08. The lowest BCUT2D eigenvalue weighted by atomic mass is 10.1. The van der Waals surface area contributed by atoms with Crippen LogP contribution >= 0.6 is 0 Å². The Hall–Kier alpha value is -4.05. The Morgan fingerprint density at radius 2 is 1.38 bits per heavy atom. The number of amides is 1. The van der Waals surface area contributed by atoms with Crippen LogP contribution in [0.2, 0.25) is 0 Å². The van der Waals surface area contributed by atoms with Crippen molar-refractivity contribution in [1.29, 1.82) is 0 Å². The molecule has 0 heterocycles. The number of benzene rings is 4. The van der Waals surface area contributed by atoms with E-state index in [0.29, 0.717) is 36.0 Å². The standard InChI is InChI=1S/C28H25NO3/c30-28(24-14-9-15-25(20-24)31-19-18-22-10-3-1-4-11-22)29-26-16-7-8-17-27(26)32-21-23-12-5-2-6-13-23/h1-17,20H,18-19,21H2,(H,29,30). The first-order valence-electron chi connectivity index (χ1n) is 10.6. The van der Waals surface area contributed by atoms with Gasteiger partial charge in [-0.2, -0.15) is 0 Å². The van der Waals surface area contributed by atoms with E-state index in [9.17, 15) is 4.79 Å². The average Bonchev–Trinajstić information content (AvgIpc) is 2.85. The molecule has 160 valence electrons. The number of hydrogen-bond donors (Lipinski definition) is 1. The van der Waals surface area contributed by atoms with Gasteiger partial charge in [-0.15, -0.1) is 0 Å². The molecule has 0 spiro atoms. The first kappa shape index (κ1) is 21.2. The van der Waals surface area contributed by atoms with E-state index in [1.807, 2.05) is 84.9 Å². The second kappa shape index (κ2) is 10.8. The molecule has 4 nitrogen and oxygen atoms in total. The number of anilines is 1. The molecule has 0 bridgehead atoms. The predicted octanol–water partition coefficient (Wildman–Crippen LogP) is 6.14. The van der Waals surface area contributed by atoms with Crippen molar-refractivity contribution in [3.05, 3.63) is 126 Å². The molecule has 0 saturated carbocycles. The minimum absolute atomic E-state index is 0.214. The van der Waals surface area contributed by atoms with Crippen LogP contribution in [-0.4, -0.2) is 12.5 Å². The lowest BCUT2D eigenvalue weighted by molar-refractivity contribution is 0.102. The van der Waals surface area contributed by atoms with Gasteiger partial charge in [-0.05, 0) is 41.5 Å². The summed E-state index contributed by atoms with van der Waals surface area (Å²) in [6.45, 7) is 0.976. The highest BCUT2D eigenvalue weighted by atomic mass is 16.5. The highest BCUT2D eigenvalue weighted by Gasteiger charge is 2.11. The van der Waals surface area contributed by atoms with Gasteiger partial charge >= 0.3 is 0 Å². The van der Waals surface area contributed by atoms with E-state index in [-0.39, 0.29) is 5.91 Å².